The van der Waals surface area contributed by atoms with Crippen molar-refractivity contribution in [1.82, 2.24) is 14.7 Å². The van der Waals surface area contributed by atoms with Crippen LogP contribution in [0.4, 0.5) is 13.2 Å². The summed E-state index contributed by atoms with van der Waals surface area (Å²) in [6.07, 6.45) is 3.76. The van der Waals surface area contributed by atoms with E-state index in [1.54, 1.807) is 41.2 Å². The molecule has 3 aromatic carbocycles. The van der Waals surface area contributed by atoms with E-state index in [1.165, 1.54) is 37.4 Å². The minimum atomic E-state index is -3.08. The van der Waals surface area contributed by atoms with Crippen LogP contribution in [0.15, 0.2) is 66.9 Å². The molecule has 4 aromatic rings. The van der Waals surface area contributed by atoms with Crippen LogP contribution in [0.5, 0.6) is 17.2 Å². The molecule has 0 N–H and O–H groups in total. The molecule has 0 spiro atoms. The van der Waals surface area contributed by atoms with E-state index in [0.717, 1.165) is 12.8 Å². The normalized spacial score (nSPS) is 13.9. The highest BCUT2D eigenvalue weighted by atomic mass is 19.3. The van der Waals surface area contributed by atoms with Crippen molar-refractivity contribution in [2.45, 2.75) is 38.8 Å². The highest BCUT2D eigenvalue weighted by Gasteiger charge is 2.25. The van der Waals surface area contributed by atoms with Crippen LogP contribution in [0.1, 0.15) is 46.4 Å². The van der Waals surface area contributed by atoms with Crippen molar-refractivity contribution < 1.29 is 37.0 Å². The first-order valence-electron chi connectivity index (χ1n) is 14.1. The number of nitrogens with zero attached hydrogens (tertiary/aromatic N) is 3. The Balaban J connectivity index is 1.19. The molecule has 0 radical (unpaired) electrons. The molecule has 0 atom stereocenters. The smallest absolute Gasteiger partial charge is 0.387 e. The van der Waals surface area contributed by atoms with Gasteiger partial charge in [0, 0.05) is 51.5 Å². The van der Waals surface area contributed by atoms with Crippen LogP contribution < -0.4 is 9.47 Å². The number of hydrogen-bond acceptors (Lipinski definition) is 6. The third-order valence-corrected chi connectivity index (χ3v) is 7.44. The lowest BCUT2D eigenvalue weighted by molar-refractivity contribution is -0.0491. The predicted molar refractivity (Wildman–Crippen MR) is 153 cm³/mol. The van der Waals surface area contributed by atoms with Gasteiger partial charge in [0.25, 0.3) is 5.91 Å². The van der Waals surface area contributed by atoms with Gasteiger partial charge in [0.15, 0.2) is 5.78 Å². The second-order valence-electron chi connectivity index (χ2n) is 10.4. The molecule has 226 valence electrons. The Bertz CT molecular complexity index is 1550. The Labute approximate surface area is 246 Å². The van der Waals surface area contributed by atoms with Crippen LogP contribution >= 0.6 is 0 Å². The first-order valence-corrected chi connectivity index (χ1v) is 14.1. The Morgan fingerprint density at radius 1 is 0.977 bits per heavy atom. The molecule has 1 aliphatic rings. The Kier molecular flexibility index (Phi) is 9.61. The van der Waals surface area contributed by atoms with Gasteiger partial charge in [-0.05, 0) is 85.8 Å². The van der Waals surface area contributed by atoms with Crippen LogP contribution in [0, 0.1) is 11.7 Å². The summed E-state index contributed by atoms with van der Waals surface area (Å²) in [7, 11) is 1.53. The Hall–Kier alpha value is -4.38. The second-order valence-corrected chi connectivity index (χ2v) is 10.4. The molecule has 0 unspecified atom stereocenters. The summed E-state index contributed by atoms with van der Waals surface area (Å²) in [5, 5.41) is 4.90. The van der Waals surface area contributed by atoms with Crippen molar-refractivity contribution in [3.05, 3.63) is 83.8 Å². The second kappa shape index (κ2) is 13.7. The number of ketones is 1. The molecule has 1 aliphatic heterocycles. The molecule has 1 amide bonds. The van der Waals surface area contributed by atoms with Crippen LogP contribution in [-0.2, 0) is 11.3 Å². The van der Waals surface area contributed by atoms with E-state index in [-0.39, 0.29) is 41.2 Å². The number of carbonyl (C=O) groups is 2. The highest BCUT2D eigenvalue weighted by Crippen LogP contribution is 2.33. The first-order chi connectivity index (χ1) is 20.8. The number of alkyl halides is 2. The van der Waals surface area contributed by atoms with E-state index >= 15 is 0 Å². The zero-order chi connectivity index (χ0) is 30.3. The largest absolute Gasteiger partial charge is 0.457 e. The number of fused-ring (bicyclic) bond motifs is 1. The topological polar surface area (TPSA) is 82.9 Å². The van der Waals surface area contributed by atoms with Gasteiger partial charge in [0.05, 0.1) is 16.5 Å². The summed E-state index contributed by atoms with van der Waals surface area (Å²) in [6.45, 7) is -1.02. The molecule has 0 aliphatic carbocycles. The van der Waals surface area contributed by atoms with Gasteiger partial charge < -0.3 is 19.1 Å². The molecular formula is C32H32F3N3O5. The predicted octanol–water partition coefficient (Wildman–Crippen LogP) is 6.73. The van der Waals surface area contributed by atoms with Gasteiger partial charge in [-0.3, -0.25) is 14.3 Å². The molecule has 5 rings (SSSR count). The summed E-state index contributed by atoms with van der Waals surface area (Å²) in [5.41, 5.74) is 1.11. The lowest BCUT2D eigenvalue weighted by Crippen LogP contribution is -2.39. The maximum absolute atomic E-state index is 13.3. The van der Waals surface area contributed by atoms with Crippen LogP contribution in [-0.4, -0.2) is 59.8 Å². The van der Waals surface area contributed by atoms with E-state index in [0.29, 0.717) is 60.6 Å². The quantitative estimate of drug-likeness (QED) is 0.133. The third kappa shape index (κ3) is 7.53. The maximum Gasteiger partial charge on any atom is 0.387 e. The molecule has 2 heterocycles. The maximum atomic E-state index is 13.3. The number of piperidine rings is 1. The number of hydrogen-bond donors (Lipinski definition) is 0. The summed E-state index contributed by atoms with van der Waals surface area (Å²) >= 11 is 0. The van der Waals surface area contributed by atoms with Gasteiger partial charge in [-0.1, -0.05) is 0 Å². The van der Waals surface area contributed by atoms with Gasteiger partial charge in [-0.15, -0.1) is 0 Å². The van der Waals surface area contributed by atoms with Crippen molar-refractivity contribution in [2.24, 2.45) is 5.92 Å². The number of Topliss-reactive ketones (excluding diaryl/α,β-unsaturated/α-hetero) is 1. The molecular weight excluding hydrogens is 563 g/mol. The average molecular weight is 596 g/mol. The van der Waals surface area contributed by atoms with Crippen LogP contribution in [0.3, 0.4) is 0 Å². The van der Waals surface area contributed by atoms with Crippen LogP contribution in [0.25, 0.3) is 10.9 Å². The fourth-order valence-electron chi connectivity index (χ4n) is 5.23. The van der Waals surface area contributed by atoms with Gasteiger partial charge in [-0.25, -0.2) is 4.39 Å². The van der Waals surface area contributed by atoms with Gasteiger partial charge in [0.1, 0.15) is 23.1 Å². The number of halogens is 3. The van der Waals surface area contributed by atoms with Crippen LogP contribution in [0.2, 0.25) is 0 Å². The zero-order valence-electron chi connectivity index (χ0n) is 23.7. The molecule has 1 saturated heterocycles. The van der Waals surface area contributed by atoms with Crippen molar-refractivity contribution in [1.29, 1.82) is 0 Å². The minimum absolute atomic E-state index is 0.0758. The number of aromatic nitrogens is 2. The summed E-state index contributed by atoms with van der Waals surface area (Å²) < 4.78 is 56.9. The lowest BCUT2D eigenvalue weighted by Gasteiger charge is -2.32. The number of carbonyl (C=O) groups excluding carboxylic acids is 2. The standard InChI is InChI=1S/C32H32F3N3O5/c1-41-18-2-3-29(39)26-12-13-28-27(30(26)43-32(34)35)20-38(36-28)19-21-14-16-37(17-15-21)31(40)22-4-8-24(9-5-22)42-25-10-6-23(33)7-11-25/h4-13,20-21,32H,2-3,14-19H2,1H3. The molecule has 43 heavy (non-hydrogen) atoms. The van der Waals surface area contributed by atoms with Gasteiger partial charge in [0.2, 0.25) is 0 Å². The number of rotatable bonds is 12. The van der Waals surface area contributed by atoms with Crippen molar-refractivity contribution in [2.75, 3.05) is 26.8 Å². The molecule has 11 heteroatoms. The third-order valence-electron chi connectivity index (χ3n) is 7.44. The SMILES string of the molecule is COCCCC(=O)c1ccc2nn(CC3CCN(C(=O)c4ccc(Oc5ccc(F)cc5)cc4)CC3)cc2c1OC(F)F. The number of methoxy groups -OCH3 is 1. The molecule has 0 bridgehead atoms. The van der Waals surface area contributed by atoms with E-state index in [4.69, 9.17) is 14.2 Å². The monoisotopic (exact) mass is 595 g/mol. The summed E-state index contributed by atoms with van der Waals surface area (Å²) in [6, 6.07) is 15.6. The Morgan fingerprint density at radius 3 is 2.30 bits per heavy atom. The Morgan fingerprint density at radius 2 is 1.65 bits per heavy atom. The molecule has 8 nitrogen and oxygen atoms in total. The van der Waals surface area contributed by atoms with E-state index < -0.39 is 6.61 Å². The zero-order valence-corrected chi connectivity index (χ0v) is 23.7. The summed E-state index contributed by atoms with van der Waals surface area (Å²) in [5.74, 6) is 0.383. The highest BCUT2D eigenvalue weighted by molar-refractivity contribution is 6.04. The summed E-state index contributed by atoms with van der Waals surface area (Å²) in [4.78, 5) is 27.6. The molecule has 1 fully saturated rings. The van der Waals surface area contributed by atoms with E-state index in [9.17, 15) is 22.8 Å². The van der Waals surface area contributed by atoms with E-state index in [1.807, 2.05) is 4.90 Å². The first kappa shape index (κ1) is 30.1. The fraction of sp³-hybridized carbons (Fsp3) is 0.344. The number of benzene rings is 3. The minimum Gasteiger partial charge on any atom is -0.457 e. The van der Waals surface area contributed by atoms with E-state index in [2.05, 4.69) is 5.10 Å². The van der Waals surface area contributed by atoms with Crippen molar-refractivity contribution >= 4 is 22.6 Å². The van der Waals surface area contributed by atoms with Crippen molar-refractivity contribution in [3.8, 4) is 17.2 Å². The number of ether oxygens (including phenoxy) is 3. The average Bonchev–Trinajstić information content (AvgIpc) is 3.42. The van der Waals surface area contributed by atoms with Crippen molar-refractivity contribution in [3.63, 3.8) is 0 Å². The fourth-order valence-corrected chi connectivity index (χ4v) is 5.23. The lowest BCUT2D eigenvalue weighted by atomic mass is 9.96. The molecule has 0 saturated carbocycles. The number of amides is 1. The molecule has 1 aromatic heterocycles. The van der Waals surface area contributed by atoms with Gasteiger partial charge in [-0.2, -0.15) is 13.9 Å². The van der Waals surface area contributed by atoms with Gasteiger partial charge >= 0.3 is 6.61 Å². The number of likely N-dealkylation sites (tertiary alicyclic amines) is 1.